The first-order chi connectivity index (χ1) is 9.27. The first-order valence-electron chi connectivity index (χ1n) is 7.48. The lowest BCUT2D eigenvalue weighted by Crippen LogP contribution is -2.34. The standard InChI is InChI=1S/C17H26ClNO/c1-11-7-14(10-17(3,4)9-11)20-16-6-5-13(12(2)19)8-15(16)18/h5-6,8,11-12,14H,7,9-10,19H2,1-4H3/t11?,12-,14?/m0/s1. The maximum absolute atomic E-state index is 6.32. The van der Waals surface area contributed by atoms with Crippen molar-refractivity contribution in [3.63, 3.8) is 0 Å². The molecule has 0 saturated heterocycles. The van der Waals surface area contributed by atoms with Crippen LogP contribution in [0.4, 0.5) is 0 Å². The van der Waals surface area contributed by atoms with E-state index in [1.165, 1.54) is 6.42 Å². The highest BCUT2D eigenvalue weighted by atomic mass is 35.5. The topological polar surface area (TPSA) is 35.2 Å². The first-order valence-corrected chi connectivity index (χ1v) is 7.86. The highest BCUT2D eigenvalue weighted by Crippen LogP contribution is 2.41. The molecule has 0 aliphatic heterocycles. The lowest BCUT2D eigenvalue weighted by atomic mass is 9.71. The average molecular weight is 296 g/mol. The summed E-state index contributed by atoms with van der Waals surface area (Å²) in [6.45, 7) is 8.90. The van der Waals surface area contributed by atoms with Crippen molar-refractivity contribution in [1.82, 2.24) is 0 Å². The minimum atomic E-state index is -0.00446. The van der Waals surface area contributed by atoms with Crippen molar-refractivity contribution in [2.75, 3.05) is 0 Å². The molecule has 1 aliphatic carbocycles. The molecule has 2 nitrogen and oxygen atoms in total. The number of halogens is 1. The molecule has 0 radical (unpaired) electrons. The van der Waals surface area contributed by atoms with Gasteiger partial charge in [0.2, 0.25) is 0 Å². The average Bonchev–Trinajstić information content (AvgIpc) is 2.28. The van der Waals surface area contributed by atoms with Gasteiger partial charge in [0, 0.05) is 6.04 Å². The zero-order valence-corrected chi connectivity index (χ0v) is 13.7. The fourth-order valence-electron chi connectivity index (χ4n) is 3.42. The van der Waals surface area contributed by atoms with Gasteiger partial charge >= 0.3 is 0 Å². The molecule has 1 aromatic carbocycles. The number of rotatable bonds is 3. The van der Waals surface area contributed by atoms with Crippen LogP contribution in [0.25, 0.3) is 0 Å². The summed E-state index contributed by atoms with van der Waals surface area (Å²) >= 11 is 6.32. The second kappa shape index (κ2) is 5.95. The Bertz CT molecular complexity index is 470. The molecule has 1 fully saturated rings. The number of benzene rings is 1. The molecule has 3 heteroatoms. The predicted octanol–water partition coefficient (Wildman–Crippen LogP) is 4.95. The van der Waals surface area contributed by atoms with Crippen LogP contribution in [0, 0.1) is 11.3 Å². The molecule has 2 unspecified atom stereocenters. The Morgan fingerprint density at radius 2 is 2.05 bits per heavy atom. The minimum absolute atomic E-state index is 0.00446. The zero-order chi connectivity index (χ0) is 14.9. The lowest BCUT2D eigenvalue weighted by molar-refractivity contribution is 0.0563. The summed E-state index contributed by atoms with van der Waals surface area (Å²) in [7, 11) is 0. The molecule has 0 amide bonds. The van der Waals surface area contributed by atoms with E-state index in [2.05, 4.69) is 20.8 Å². The maximum atomic E-state index is 6.32. The molecular formula is C17H26ClNO. The molecular weight excluding hydrogens is 270 g/mol. The van der Waals surface area contributed by atoms with Gasteiger partial charge in [0.1, 0.15) is 5.75 Å². The van der Waals surface area contributed by atoms with Crippen molar-refractivity contribution < 1.29 is 4.74 Å². The van der Waals surface area contributed by atoms with Crippen LogP contribution in [-0.2, 0) is 0 Å². The highest BCUT2D eigenvalue weighted by Gasteiger charge is 2.33. The molecule has 0 spiro atoms. The molecule has 1 aromatic rings. The van der Waals surface area contributed by atoms with Crippen molar-refractivity contribution >= 4 is 11.6 Å². The molecule has 112 valence electrons. The molecule has 1 aliphatic rings. The van der Waals surface area contributed by atoms with Crippen LogP contribution in [0.2, 0.25) is 5.02 Å². The van der Waals surface area contributed by atoms with Gasteiger partial charge in [-0.15, -0.1) is 0 Å². The zero-order valence-electron chi connectivity index (χ0n) is 12.9. The highest BCUT2D eigenvalue weighted by molar-refractivity contribution is 6.32. The summed E-state index contributed by atoms with van der Waals surface area (Å²) in [6, 6.07) is 5.87. The summed E-state index contributed by atoms with van der Waals surface area (Å²) in [4.78, 5) is 0. The fraction of sp³-hybridized carbons (Fsp3) is 0.647. The Balaban J connectivity index is 2.10. The molecule has 2 N–H and O–H groups in total. The molecule has 2 rings (SSSR count). The molecule has 0 bridgehead atoms. The Labute approximate surface area is 127 Å². The Hall–Kier alpha value is -0.730. The number of nitrogens with two attached hydrogens (primary N) is 1. The summed E-state index contributed by atoms with van der Waals surface area (Å²) in [5.74, 6) is 1.48. The van der Waals surface area contributed by atoms with Crippen molar-refractivity contribution in [2.24, 2.45) is 17.1 Å². The fourth-order valence-corrected chi connectivity index (χ4v) is 3.66. The van der Waals surface area contributed by atoms with Gasteiger partial charge in [-0.1, -0.05) is 38.4 Å². The normalized spacial score (nSPS) is 27.1. The minimum Gasteiger partial charge on any atom is -0.489 e. The Morgan fingerprint density at radius 1 is 1.35 bits per heavy atom. The number of ether oxygens (including phenoxy) is 1. The SMILES string of the molecule is CC1CC(Oc2ccc([C@H](C)N)cc2Cl)CC(C)(C)C1. The van der Waals surface area contributed by atoms with E-state index in [4.69, 9.17) is 22.1 Å². The van der Waals surface area contributed by atoms with Crippen LogP contribution in [0.15, 0.2) is 18.2 Å². The quantitative estimate of drug-likeness (QED) is 0.856. The van der Waals surface area contributed by atoms with Crippen LogP contribution in [0.3, 0.4) is 0 Å². The van der Waals surface area contributed by atoms with Crippen molar-refractivity contribution in [3.05, 3.63) is 28.8 Å². The van der Waals surface area contributed by atoms with E-state index in [1.807, 2.05) is 25.1 Å². The smallest absolute Gasteiger partial charge is 0.138 e. The van der Waals surface area contributed by atoms with Crippen molar-refractivity contribution in [2.45, 2.75) is 59.1 Å². The van der Waals surface area contributed by atoms with E-state index < -0.39 is 0 Å². The first kappa shape index (κ1) is 15.7. The van der Waals surface area contributed by atoms with E-state index in [-0.39, 0.29) is 12.1 Å². The second-order valence-corrected chi connectivity index (χ2v) is 7.54. The van der Waals surface area contributed by atoms with E-state index in [9.17, 15) is 0 Å². The van der Waals surface area contributed by atoms with Crippen molar-refractivity contribution in [3.8, 4) is 5.75 Å². The van der Waals surface area contributed by atoms with Crippen LogP contribution in [0.1, 0.15) is 58.6 Å². The molecule has 0 heterocycles. The maximum Gasteiger partial charge on any atom is 0.138 e. The third-order valence-corrected chi connectivity index (χ3v) is 4.42. The van der Waals surface area contributed by atoms with Gasteiger partial charge in [0.15, 0.2) is 0 Å². The number of hydrogen-bond acceptors (Lipinski definition) is 2. The van der Waals surface area contributed by atoms with Crippen molar-refractivity contribution in [1.29, 1.82) is 0 Å². The molecule has 0 aromatic heterocycles. The Kier molecular flexibility index (Phi) is 4.66. The summed E-state index contributed by atoms with van der Waals surface area (Å²) in [6.07, 6.45) is 3.72. The Morgan fingerprint density at radius 3 is 2.60 bits per heavy atom. The van der Waals surface area contributed by atoms with E-state index >= 15 is 0 Å². The third kappa shape index (κ3) is 3.89. The van der Waals surface area contributed by atoms with Gasteiger partial charge in [-0.3, -0.25) is 0 Å². The van der Waals surface area contributed by atoms with Crippen LogP contribution >= 0.6 is 11.6 Å². The van der Waals surface area contributed by atoms with Crippen LogP contribution < -0.4 is 10.5 Å². The monoisotopic (exact) mass is 295 g/mol. The lowest BCUT2D eigenvalue weighted by Gasteiger charge is -2.39. The summed E-state index contributed by atoms with van der Waals surface area (Å²) in [5.41, 5.74) is 7.26. The third-order valence-electron chi connectivity index (χ3n) is 4.12. The van der Waals surface area contributed by atoms with E-state index in [0.717, 1.165) is 24.2 Å². The van der Waals surface area contributed by atoms with Gasteiger partial charge in [0.25, 0.3) is 0 Å². The van der Waals surface area contributed by atoms with E-state index in [0.29, 0.717) is 16.4 Å². The molecule has 1 saturated carbocycles. The van der Waals surface area contributed by atoms with E-state index in [1.54, 1.807) is 0 Å². The molecule has 3 atom stereocenters. The van der Waals surface area contributed by atoms with Gasteiger partial charge < -0.3 is 10.5 Å². The van der Waals surface area contributed by atoms with Crippen LogP contribution in [-0.4, -0.2) is 6.10 Å². The second-order valence-electron chi connectivity index (χ2n) is 7.13. The summed E-state index contributed by atoms with van der Waals surface area (Å²) in [5, 5.41) is 0.663. The predicted molar refractivity (Wildman–Crippen MR) is 85.3 cm³/mol. The largest absolute Gasteiger partial charge is 0.489 e. The summed E-state index contributed by atoms with van der Waals surface area (Å²) < 4.78 is 6.15. The molecule has 20 heavy (non-hydrogen) atoms. The van der Waals surface area contributed by atoms with Gasteiger partial charge in [-0.2, -0.15) is 0 Å². The van der Waals surface area contributed by atoms with Gasteiger partial charge in [-0.25, -0.2) is 0 Å². The number of hydrogen-bond donors (Lipinski definition) is 1. The van der Waals surface area contributed by atoms with Gasteiger partial charge in [0.05, 0.1) is 11.1 Å². The van der Waals surface area contributed by atoms with Gasteiger partial charge in [-0.05, 0) is 55.2 Å². The van der Waals surface area contributed by atoms with Crippen LogP contribution in [0.5, 0.6) is 5.75 Å².